The van der Waals surface area contributed by atoms with Crippen molar-refractivity contribution in [2.24, 2.45) is 0 Å². The predicted octanol–water partition coefficient (Wildman–Crippen LogP) is 18.7. The van der Waals surface area contributed by atoms with Crippen molar-refractivity contribution < 1.29 is 25.2 Å². The third-order valence-corrected chi connectivity index (χ3v) is 15.3. The van der Waals surface area contributed by atoms with Crippen LogP contribution in [0.25, 0.3) is 0 Å². The van der Waals surface area contributed by atoms with Gasteiger partial charge in [-0.25, -0.2) is 0 Å². The fraction of sp³-hybridized carbons (Fsp3) is 0.984. The van der Waals surface area contributed by atoms with E-state index in [1.165, 1.54) is 295 Å². The molecule has 1 amide bonds. The van der Waals surface area contributed by atoms with Gasteiger partial charge in [-0.05, 0) is 12.8 Å². The molecular formula is C62H125NO5. The van der Waals surface area contributed by atoms with Gasteiger partial charge in [-0.1, -0.05) is 348 Å². The van der Waals surface area contributed by atoms with Gasteiger partial charge in [-0.3, -0.25) is 4.79 Å². The summed E-state index contributed by atoms with van der Waals surface area (Å²) in [5, 5.41) is 44.1. The molecule has 5 N–H and O–H groups in total. The number of amides is 1. The molecule has 6 nitrogen and oxygen atoms in total. The molecule has 0 saturated heterocycles. The van der Waals surface area contributed by atoms with Crippen LogP contribution in [0.3, 0.4) is 0 Å². The molecule has 0 aromatic rings. The van der Waals surface area contributed by atoms with Gasteiger partial charge < -0.3 is 25.7 Å². The van der Waals surface area contributed by atoms with Gasteiger partial charge in [0.05, 0.1) is 18.8 Å². The molecule has 0 aromatic heterocycles. The quantitative estimate of drug-likeness (QED) is 0.0390. The molecular weight excluding hydrogens is 839 g/mol. The molecule has 0 heterocycles. The van der Waals surface area contributed by atoms with Crippen LogP contribution in [0, 0.1) is 0 Å². The first-order valence-electron chi connectivity index (χ1n) is 31.4. The molecule has 0 radical (unpaired) electrons. The Labute approximate surface area is 426 Å². The number of unbranched alkanes of at least 4 members (excludes halogenated alkanes) is 50. The Kier molecular flexibility index (Phi) is 56.6. The lowest BCUT2D eigenvalue weighted by atomic mass is 9.99. The first-order chi connectivity index (χ1) is 33.5. The maximum absolute atomic E-state index is 12.6. The molecule has 0 aliphatic heterocycles. The Morgan fingerprint density at radius 2 is 0.500 bits per heavy atom. The molecule has 0 fully saturated rings. The lowest BCUT2D eigenvalue weighted by Crippen LogP contribution is -2.53. The van der Waals surface area contributed by atoms with E-state index in [9.17, 15) is 25.2 Å². The van der Waals surface area contributed by atoms with Crippen LogP contribution in [0.1, 0.15) is 361 Å². The van der Waals surface area contributed by atoms with Gasteiger partial charge in [0.25, 0.3) is 0 Å². The van der Waals surface area contributed by atoms with Gasteiger partial charge in [-0.15, -0.1) is 0 Å². The smallest absolute Gasteiger partial charge is 0.249 e. The average Bonchev–Trinajstić information content (AvgIpc) is 3.34. The summed E-state index contributed by atoms with van der Waals surface area (Å²) >= 11 is 0. The summed E-state index contributed by atoms with van der Waals surface area (Å²) in [5.74, 6) is -0.574. The molecule has 0 spiro atoms. The molecule has 0 saturated carbocycles. The number of rotatable bonds is 59. The SMILES string of the molecule is CCCCCCCCCCCCCCCCCCCCCCCCCCCCCCCCC(O)C(O)C(CO)NC(=O)C(O)CCCCCCCCCCCCCCCCCCCCCCCC. The van der Waals surface area contributed by atoms with Gasteiger partial charge in [0.2, 0.25) is 5.91 Å². The largest absolute Gasteiger partial charge is 0.394 e. The standard InChI is InChI=1S/C62H125NO5/c1-3-5-7-9-11-13-15-17-19-21-23-25-27-28-29-30-31-32-33-34-36-37-39-41-43-45-47-49-51-53-55-59(65)61(67)58(57-64)63-62(68)60(66)56-54-52-50-48-46-44-42-40-38-35-26-24-22-20-18-16-14-12-10-8-6-4-2/h58-61,64-67H,3-57H2,1-2H3,(H,63,68). The molecule has 0 aliphatic carbocycles. The minimum absolute atomic E-state index is 0.376. The van der Waals surface area contributed by atoms with Crippen molar-refractivity contribution in [2.45, 2.75) is 385 Å². The van der Waals surface area contributed by atoms with Crippen LogP contribution in [0.15, 0.2) is 0 Å². The van der Waals surface area contributed by atoms with Crippen molar-refractivity contribution in [1.29, 1.82) is 0 Å². The number of carbonyl (C=O) groups excluding carboxylic acids is 1. The molecule has 4 atom stereocenters. The lowest BCUT2D eigenvalue weighted by molar-refractivity contribution is -0.132. The second-order valence-electron chi connectivity index (χ2n) is 22.1. The van der Waals surface area contributed by atoms with E-state index in [0.717, 1.165) is 38.5 Å². The van der Waals surface area contributed by atoms with Crippen LogP contribution >= 0.6 is 0 Å². The maximum Gasteiger partial charge on any atom is 0.249 e. The molecule has 0 rings (SSSR count). The topological polar surface area (TPSA) is 110 Å². The van der Waals surface area contributed by atoms with Crippen molar-refractivity contribution in [3.63, 3.8) is 0 Å². The van der Waals surface area contributed by atoms with E-state index in [1.807, 2.05) is 0 Å². The highest BCUT2D eigenvalue weighted by atomic mass is 16.3. The van der Waals surface area contributed by atoms with E-state index in [4.69, 9.17) is 0 Å². The Balaban J connectivity index is 3.53. The Bertz CT molecular complexity index is 948. The Morgan fingerprint density at radius 1 is 0.309 bits per heavy atom. The van der Waals surface area contributed by atoms with Crippen molar-refractivity contribution in [3.05, 3.63) is 0 Å². The van der Waals surface area contributed by atoms with Crippen LogP contribution in [-0.4, -0.2) is 57.3 Å². The van der Waals surface area contributed by atoms with Crippen LogP contribution in [0.4, 0.5) is 0 Å². The molecule has 408 valence electrons. The van der Waals surface area contributed by atoms with Gasteiger partial charge in [-0.2, -0.15) is 0 Å². The molecule has 0 aliphatic rings. The number of aliphatic hydroxyl groups excluding tert-OH is 4. The van der Waals surface area contributed by atoms with Gasteiger partial charge in [0, 0.05) is 0 Å². The van der Waals surface area contributed by atoms with E-state index in [0.29, 0.717) is 12.8 Å². The number of hydrogen-bond acceptors (Lipinski definition) is 5. The zero-order valence-electron chi connectivity index (χ0n) is 46.4. The minimum atomic E-state index is -1.26. The van der Waals surface area contributed by atoms with Gasteiger partial charge >= 0.3 is 0 Å². The van der Waals surface area contributed by atoms with E-state index >= 15 is 0 Å². The Morgan fingerprint density at radius 3 is 0.706 bits per heavy atom. The summed E-state index contributed by atoms with van der Waals surface area (Å²) in [6.45, 7) is 4.11. The van der Waals surface area contributed by atoms with Crippen LogP contribution < -0.4 is 5.32 Å². The number of hydrogen-bond donors (Lipinski definition) is 5. The number of aliphatic hydroxyl groups is 4. The summed E-state index contributed by atoms with van der Waals surface area (Å²) in [5.41, 5.74) is 0. The first kappa shape index (κ1) is 67.3. The molecule has 0 aromatic carbocycles. The zero-order chi connectivity index (χ0) is 49.5. The molecule has 6 heteroatoms. The fourth-order valence-electron chi connectivity index (χ4n) is 10.4. The third kappa shape index (κ3) is 50.3. The van der Waals surface area contributed by atoms with E-state index in [2.05, 4.69) is 19.2 Å². The summed E-state index contributed by atoms with van der Waals surface area (Å²) < 4.78 is 0. The van der Waals surface area contributed by atoms with Crippen LogP contribution in [-0.2, 0) is 4.79 Å². The summed E-state index contributed by atoms with van der Waals surface area (Å²) in [6.07, 6.45) is 67.7. The normalized spacial score (nSPS) is 13.6. The third-order valence-electron chi connectivity index (χ3n) is 15.3. The van der Waals surface area contributed by atoms with Crippen molar-refractivity contribution in [2.75, 3.05) is 6.61 Å². The second-order valence-corrected chi connectivity index (χ2v) is 22.1. The molecule has 4 unspecified atom stereocenters. The van der Waals surface area contributed by atoms with Crippen molar-refractivity contribution in [3.8, 4) is 0 Å². The number of carbonyl (C=O) groups is 1. The summed E-state index contributed by atoms with van der Waals surface area (Å²) in [7, 11) is 0. The Hall–Kier alpha value is -0.690. The van der Waals surface area contributed by atoms with Crippen LogP contribution in [0.5, 0.6) is 0 Å². The fourth-order valence-corrected chi connectivity index (χ4v) is 10.4. The van der Waals surface area contributed by atoms with E-state index in [1.54, 1.807) is 0 Å². The second kappa shape index (κ2) is 57.2. The highest BCUT2D eigenvalue weighted by molar-refractivity contribution is 5.80. The molecule has 0 bridgehead atoms. The van der Waals surface area contributed by atoms with E-state index < -0.39 is 36.9 Å². The maximum atomic E-state index is 12.6. The zero-order valence-corrected chi connectivity index (χ0v) is 46.4. The summed E-state index contributed by atoms with van der Waals surface area (Å²) in [4.78, 5) is 12.6. The van der Waals surface area contributed by atoms with Gasteiger partial charge in [0.1, 0.15) is 12.2 Å². The highest BCUT2D eigenvalue weighted by Crippen LogP contribution is 2.19. The number of nitrogens with one attached hydrogen (secondary N) is 1. The van der Waals surface area contributed by atoms with Gasteiger partial charge in [0.15, 0.2) is 0 Å². The summed E-state index contributed by atoms with van der Waals surface area (Å²) in [6, 6.07) is -0.981. The molecule has 68 heavy (non-hydrogen) atoms. The first-order valence-corrected chi connectivity index (χ1v) is 31.4. The van der Waals surface area contributed by atoms with Crippen molar-refractivity contribution >= 4 is 5.91 Å². The van der Waals surface area contributed by atoms with E-state index in [-0.39, 0.29) is 0 Å². The highest BCUT2D eigenvalue weighted by Gasteiger charge is 2.28. The van der Waals surface area contributed by atoms with Crippen LogP contribution in [0.2, 0.25) is 0 Å². The van der Waals surface area contributed by atoms with Crippen molar-refractivity contribution in [1.82, 2.24) is 5.32 Å². The average molecular weight is 965 g/mol. The lowest BCUT2D eigenvalue weighted by Gasteiger charge is -2.27. The predicted molar refractivity (Wildman–Crippen MR) is 298 cm³/mol. The monoisotopic (exact) mass is 964 g/mol. The minimum Gasteiger partial charge on any atom is -0.394 e.